The molecule has 2 heteroatoms. The molecule has 0 spiro atoms. The van der Waals surface area contributed by atoms with E-state index in [9.17, 15) is 0 Å². The molecule has 1 unspecified atom stereocenters. The first-order chi connectivity index (χ1) is 6.09. The van der Waals surface area contributed by atoms with Crippen molar-refractivity contribution < 1.29 is 4.74 Å². The van der Waals surface area contributed by atoms with E-state index in [4.69, 9.17) is 4.74 Å². The lowest BCUT2D eigenvalue weighted by atomic mass is 10.0. The van der Waals surface area contributed by atoms with Crippen molar-refractivity contribution >= 4 is 22.0 Å². The molecule has 68 valence electrons. The van der Waals surface area contributed by atoms with Crippen molar-refractivity contribution in [3.8, 4) is 0 Å². The zero-order valence-electron chi connectivity index (χ0n) is 7.67. The van der Waals surface area contributed by atoms with Gasteiger partial charge in [0.1, 0.15) is 0 Å². The topological polar surface area (TPSA) is 9.23 Å². The lowest BCUT2D eigenvalue weighted by Crippen LogP contribution is -2.21. The molecule has 0 aromatic heterocycles. The van der Waals surface area contributed by atoms with Gasteiger partial charge >= 0.3 is 0 Å². The van der Waals surface area contributed by atoms with Crippen molar-refractivity contribution in [2.24, 2.45) is 0 Å². The third-order valence-electron chi connectivity index (χ3n) is 2.15. The fourth-order valence-electron chi connectivity index (χ4n) is 1.64. The molecule has 1 atom stereocenters. The zero-order chi connectivity index (χ0) is 9.47. The second kappa shape index (κ2) is 2.88. The highest BCUT2D eigenvalue weighted by Gasteiger charge is 2.29. The maximum Gasteiger partial charge on any atom is 0.185 e. The van der Waals surface area contributed by atoms with E-state index in [0.717, 1.165) is 5.76 Å². The zero-order valence-corrected chi connectivity index (χ0v) is 9.26. The number of alkyl halides is 1. The summed E-state index contributed by atoms with van der Waals surface area (Å²) in [4.78, 5) is 0. The van der Waals surface area contributed by atoms with E-state index in [2.05, 4.69) is 34.1 Å². The Kier molecular flexibility index (Phi) is 1.95. The van der Waals surface area contributed by atoms with E-state index < -0.39 is 0 Å². The van der Waals surface area contributed by atoms with E-state index in [1.165, 1.54) is 11.1 Å². The van der Waals surface area contributed by atoms with Crippen LogP contribution < -0.4 is 0 Å². The monoisotopic (exact) mass is 238 g/mol. The largest absolute Gasteiger partial charge is 0.476 e. The molecular weight excluding hydrogens is 228 g/mol. The predicted molar refractivity (Wildman–Crippen MR) is 57.5 cm³/mol. The smallest absolute Gasteiger partial charge is 0.185 e. The Labute approximate surface area is 86.5 Å². The molecule has 0 fully saturated rings. The highest BCUT2D eigenvalue weighted by molar-refractivity contribution is 9.09. The van der Waals surface area contributed by atoms with Crippen molar-refractivity contribution in [2.75, 3.05) is 0 Å². The van der Waals surface area contributed by atoms with E-state index >= 15 is 0 Å². The Bertz CT molecular complexity index is 366. The lowest BCUT2D eigenvalue weighted by molar-refractivity contribution is 0.106. The molecule has 0 saturated heterocycles. The molecule has 1 aliphatic heterocycles. The van der Waals surface area contributed by atoms with Crippen LogP contribution in [0.5, 0.6) is 0 Å². The van der Waals surface area contributed by atoms with E-state index in [0.29, 0.717) is 0 Å². The van der Waals surface area contributed by atoms with Gasteiger partial charge in [0.2, 0.25) is 0 Å². The van der Waals surface area contributed by atoms with Crippen LogP contribution >= 0.6 is 15.9 Å². The van der Waals surface area contributed by atoms with Crippen LogP contribution in [-0.4, -0.2) is 0 Å². The minimum absolute atomic E-state index is 0.373. The summed E-state index contributed by atoms with van der Waals surface area (Å²) >= 11 is 3.57. The average molecular weight is 239 g/mol. The standard InChI is InChI=1S/C11H11BrO/c1-8-7-9-5-3-4-6-10(9)11(2,12)13-8/h3-7H,1-2H3. The van der Waals surface area contributed by atoms with Crippen LogP contribution in [0, 0.1) is 0 Å². The van der Waals surface area contributed by atoms with Gasteiger partial charge in [-0.2, -0.15) is 0 Å². The summed E-state index contributed by atoms with van der Waals surface area (Å²) in [6.45, 7) is 3.98. The summed E-state index contributed by atoms with van der Waals surface area (Å²) in [7, 11) is 0. The molecule has 1 aromatic carbocycles. The maximum atomic E-state index is 5.68. The van der Waals surface area contributed by atoms with Crippen LogP contribution in [0.2, 0.25) is 0 Å². The van der Waals surface area contributed by atoms with Gasteiger partial charge in [0.15, 0.2) is 4.51 Å². The van der Waals surface area contributed by atoms with E-state index in [1.54, 1.807) is 0 Å². The van der Waals surface area contributed by atoms with Crippen molar-refractivity contribution in [2.45, 2.75) is 18.4 Å². The number of rotatable bonds is 0. The Balaban J connectivity index is 2.62. The molecule has 2 rings (SSSR count). The molecule has 0 N–H and O–H groups in total. The van der Waals surface area contributed by atoms with Gasteiger partial charge in [-0.3, -0.25) is 0 Å². The van der Waals surface area contributed by atoms with E-state index in [-0.39, 0.29) is 4.51 Å². The Morgan fingerprint density at radius 1 is 1.31 bits per heavy atom. The minimum Gasteiger partial charge on any atom is -0.476 e. The minimum atomic E-state index is -0.373. The van der Waals surface area contributed by atoms with Crippen molar-refractivity contribution in [1.82, 2.24) is 0 Å². The van der Waals surface area contributed by atoms with Crippen LogP contribution in [0.4, 0.5) is 0 Å². The highest BCUT2D eigenvalue weighted by Crippen LogP contribution is 2.40. The van der Waals surface area contributed by atoms with E-state index in [1.807, 2.05) is 26.0 Å². The first-order valence-electron chi connectivity index (χ1n) is 4.25. The summed E-state index contributed by atoms with van der Waals surface area (Å²) < 4.78 is 5.31. The van der Waals surface area contributed by atoms with Gasteiger partial charge in [0.25, 0.3) is 0 Å². The number of hydrogen-bond acceptors (Lipinski definition) is 1. The molecule has 0 aliphatic carbocycles. The van der Waals surface area contributed by atoms with Crippen LogP contribution in [0.25, 0.3) is 6.08 Å². The summed E-state index contributed by atoms with van der Waals surface area (Å²) in [6, 6.07) is 8.24. The number of benzene rings is 1. The Morgan fingerprint density at radius 2 is 2.00 bits per heavy atom. The third-order valence-corrected chi connectivity index (χ3v) is 2.74. The van der Waals surface area contributed by atoms with Crippen molar-refractivity contribution in [1.29, 1.82) is 0 Å². The highest BCUT2D eigenvalue weighted by atomic mass is 79.9. The molecule has 0 bridgehead atoms. The quantitative estimate of drug-likeness (QED) is 0.628. The first-order valence-corrected chi connectivity index (χ1v) is 5.04. The number of hydrogen-bond donors (Lipinski definition) is 0. The van der Waals surface area contributed by atoms with Gasteiger partial charge in [-0.15, -0.1) is 0 Å². The number of fused-ring (bicyclic) bond motifs is 1. The van der Waals surface area contributed by atoms with Crippen molar-refractivity contribution in [3.05, 3.63) is 41.2 Å². The number of allylic oxidation sites excluding steroid dienone is 1. The molecular formula is C11H11BrO. The summed E-state index contributed by atoms with van der Waals surface area (Å²) in [5, 5.41) is 0. The van der Waals surface area contributed by atoms with Crippen LogP contribution in [0.15, 0.2) is 30.0 Å². The number of ether oxygens (including phenoxy) is 1. The summed E-state index contributed by atoms with van der Waals surface area (Å²) in [5.74, 6) is 0.943. The SMILES string of the molecule is CC1=Cc2ccccc2C(C)(Br)O1. The maximum absolute atomic E-state index is 5.68. The second-order valence-electron chi connectivity index (χ2n) is 3.36. The molecule has 13 heavy (non-hydrogen) atoms. The molecule has 0 amide bonds. The molecule has 0 saturated carbocycles. The van der Waals surface area contributed by atoms with Crippen LogP contribution in [-0.2, 0) is 9.25 Å². The average Bonchev–Trinajstić information content (AvgIpc) is 2.02. The fourth-order valence-corrected chi connectivity index (χ4v) is 2.25. The third kappa shape index (κ3) is 1.51. The van der Waals surface area contributed by atoms with Crippen LogP contribution in [0.3, 0.4) is 0 Å². The molecule has 1 heterocycles. The van der Waals surface area contributed by atoms with Gasteiger partial charge in [0, 0.05) is 5.56 Å². The predicted octanol–water partition coefficient (Wildman–Crippen LogP) is 3.65. The lowest BCUT2D eigenvalue weighted by Gasteiger charge is -2.30. The molecule has 1 aliphatic rings. The molecule has 1 aromatic rings. The second-order valence-corrected chi connectivity index (χ2v) is 4.87. The number of halogens is 1. The fraction of sp³-hybridized carbons (Fsp3) is 0.273. The Hall–Kier alpha value is -0.760. The van der Waals surface area contributed by atoms with Gasteiger partial charge in [-0.1, -0.05) is 24.3 Å². The van der Waals surface area contributed by atoms with Crippen LogP contribution in [0.1, 0.15) is 25.0 Å². The summed E-state index contributed by atoms with van der Waals surface area (Å²) in [6.07, 6.45) is 2.05. The molecule has 0 radical (unpaired) electrons. The van der Waals surface area contributed by atoms with Gasteiger partial charge in [0.05, 0.1) is 5.76 Å². The van der Waals surface area contributed by atoms with Gasteiger partial charge < -0.3 is 4.74 Å². The first kappa shape index (κ1) is 8.82. The van der Waals surface area contributed by atoms with Crippen molar-refractivity contribution in [3.63, 3.8) is 0 Å². The summed E-state index contributed by atoms with van der Waals surface area (Å²) in [5.41, 5.74) is 2.41. The molecule has 1 nitrogen and oxygen atoms in total. The normalized spacial score (nSPS) is 25.9. The van der Waals surface area contributed by atoms with Gasteiger partial charge in [-0.25, -0.2) is 0 Å². The van der Waals surface area contributed by atoms with Gasteiger partial charge in [-0.05, 0) is 41.4 Å². The Morgan fingerprint density at radius 3 is 2.77 bits per heavy atom.